The molecule has 1 aromatic heterocycles. The lowest BCUT2D eigenvalue weighted by Gasteiger charge is -2.18. The van der Waals surface area contributed by atoms with Crippen LogP contribution in [0.3, 0.4) is 0 Å². The molecule has 1 heterocycles. The highest BCUT2D eigenvalue weighted by Crippen LogP contribution is 2.26. The molecule has 2 atom stereocenters. The highest BCUT2D eigenvalue weighted by Gasteiger charge is 2.20. The third-order valence-electron chi connectivity index (χ3n) is 3.42. The standard InChI is InChI=1S/C13H17BrN4O2/c1-3-6(2)11(15)12(19)16-8-5-10-9(4-7(8)14)17-13(20)18-10/h4-6,11H,3,15H2,1-2H3,(H,16,19)(H2,17,18,20)/t6-,11-/m0/s1. The zero-order valence-electron chi connectivity index (χ0n) is 11.3. The summed E-state index contributed by atoms with van der Waals surface area (Å²) in [4.78, 5) is 28.6. The summed E-state index contributed by atoms with van der Waals surface area (Å²) < 4.78 is 0.685. The lowest BCUT2D eigenvalue weighted by molar-refractivity contribution is -0.118. The Bertz CT molecular complexity index is 691. The van der Waals surface area contributed by atoms with Crippen molar-refractivity contribution >= 4 is 38.6 Å². The number of nitrogens with two attached hydrogens (primary N) is 1. The number of H-pyrrole nitrogens is 2. The number of aromatic amines is 2. The summed E-state index contributed by atoms with van der Waals surface area (Å²) in [6.07, 6.45) is 0.833. The number of carbonyl (C=O) groups is 1. The Morgan fingerprint density at radius 1 is 1.40 bits per heavy atom. The number of carbonyl (C=O) groups excluding carboxylic acids is 1. The molecule has 2 rings (SSSR count). The molecule has 5 N–H and O–H groups in total. The minimum absolute atomic E-state index is 0.101. The average Bonchev–Trinajstić information content (AvgIpc) is 2.76. The molecule has 6 nitrogen and oxygen atoms in total. The van der Waals surface area contributed by atoms with Gasteiger partial charge in [0.1, 0.15) is 0 Å². The molecular weight excluding hydrogens is 324 g/mol. The molecule has 0 fully saturated rings. The van der Waals surface area contributed by atoms with Crippen molar-refractivity contribution in [3.05, 3.63) is 27.1 Å². The quantitative estimate of drug-likeness (QED) is 0.683. The molecular formula is C13H17BrN4O2. The third kappa shape index (κ3) is 2.94. The minimum Gasteiger partial charge on any atom is -0.324 e. The van der Waals surface area contributed by atoms with E-state index in [0.29, 0.717) is 21.2 Å². The van der Waals surface area contributed by atoms with Gasteiger partial charge in [0.15, 0.2) is 0 Å². The lowest BCUT2D eigenvalue weighted by Crippen LogP contribution is -2.40. The van der Waals surface area contributed by atoms with Crippen molar-refractivity contribution < 1.29 is 4.79 Å². The second kappa shape index (κ2) is 5.80. The van der Waals surface area contributed by atoms with Crippen molar-refractivity contribution in [2.75, 3.05) is 5.32 Å². The van der Waals surface area contributed by atoms with Crippen molar-refractivity contribution in [3.63, 3.8) is 0 Å². The largest absolute Gasteiger partial charge is 0.324 e. The predicted molar refractivity (Wildman–Crippen MR) is 82.7 cm³/mol. The van der Waals surface area contributed by atoms with E-state index in [2.05, 4.69) is 31.2 Å². The third-order valence-corrected chi connectivity index (χ3v) is 4.08. The smallest absolute Gasteiger partial charge is 0.323 e. The number of aromatic nitrogens is 2. The van der Waals surface area contributed by atoms with Crippen molar-refractivity contribution in [2.24, 2.45) is 11.7 Å². The van der Waals surface area contributed by atoms with E-state index < -0.39 is 6.04 Å². The van der Waals surface area contributed by atoms with E-state index in [1.807, 2.05) is 13.8 Å². The topological polar surface area (TPSA) is 104 Å². The number of hydrogen-bond donors (Lipinski definition) is 4. The summed E-state index contributed by atoms with van der Waals surface area (Å²) in [6, 6.07) is 2.86. The number of hydrogen-bond acceptors (Lipinski definition) is 3. The van der Waals surface area contributed by atoms with Crippen molar-refractivity contribution in [1.82, 2.24) is 9.97 Å². The first-order valence-electron chi connectivity index (χ1n) is 6.40. The van der Waals surface area contributed by atoms with E-state index >= 15 is 0 Å². The Morgan fingerprint density at radius 2 is 2.00 bits per heavy atom. The molecule has 0 bridgehead atoms. The highest BCUT2D eigenvalue weighted by atomic mass is 79.9. The van der Waals surface area contributed by atoms with Crippen molar-refractivity contribution in [3.8, 4) is 0 Å². The van der Waals surface area contributed by atoms with Gasteiger partial charge >= 0.3 is 5.69 Å². The van der Waals surface area contributed by atoms with Gasteiger partial charge in [-0.05, 0) is 34.0 Å². The monoisotopic (exact) mass is 340 g/mol. The van der Waals surface area contributed by atoms with Crippen LogP contribution in [-0.2, 0) is 4.79 Å². The molecule has 0 unspecified atom stereocenters. The van der Waals surface area contributed by atoms with Gasteiger partial charge in [0, 0.05) is 4.47 Å². The molecule has 0 saturated heterocycles. The molecule has 108 valence electrons. The minimum atomic E-state index is -0.562. The molecule has 1 aromatic carbocycles. The maximum absolute atomic E-state index is 12.1. The Balaban J connectivity index is 2.27. The molecule has 0 spiro atoms. The van der Waals surface area contributed by atoms with Gasteiger partial charge in [0.2, 0.25) is 5.91 Å². The predicted octanol–water partition coefficient (Wildman–Crippen LogP) is 1.93. The second-order valence-electron chi connectivity index (χ2n) is 4.86. The summed E-state index contributed by atoms with van der Waals surface area (Å²) in [5.74, 6) is -0.137. The van der Waals surface area contributed by atoms with Gasteiger partial charge in [0.25, 0.3) is 0 Å². The maximum Gasteiger partial charge on any atom is 0.323 e. The van der Waals surface area contributed by atoms with Crippen LogP contribution < -0.4 is 16.7 Å². The highest BCUT2D eigenvalue weighted by molar-refractivity contribution is 9.10. The van der Waals surface area contributed by atoms with Crippen LogP contribution in [-0.4, -0.2) is 21.9 Å². The van der Waals surface area contributed by atoms with Crippen LogP contribution in [0.15, 0.2) is 21.4 Å². The van der Waals surface area contributed by atoms with Crippen molar-refractivity contribution in [2.45, 2.75) is 26.3 Å². The number of anilines is 1. The van der Waals surface area contributed by atoms with Crippen LogP contribution in [0.5, 0.6) is 0 Å². The first-order chi connectivity index (χ1) is 9.42. The molecule has 7 heteroatoms. The zero-order chi connectivity index (χ0) is 14.9. The molecule has 1 amide bonds. The fraction of sp³-hybridized carbons (Fsp3) is 0.385. The molecule has 0 saturated carbocycles. The van der Waals surface area contributed by atoms with E-state index in [0.717, 1.165) is 6.42 Å². The number of imidazole rings is 1. The average molecular weight is 341 g/mol. The van der Waals surface area contributed by atoms with E-state index in [9.17, 15) is 9.59 Å². The van der Waals surface area contributed by atoms with Crippen LogP contribution in [0.1, 0.15) is 20.3 Å². The van der Waals surface area contributed by atoms with E-state index in [1.54, 1.807) is 12.1 Å². The van der Waals surface area contributed by atoms with Crippen molar-refractivity contribution in [1.29, 1.82) is 0 Å². The Hall–Kier alpha value is -1.60. The Labute approximate surface area is 124 Å². The first-order valence-corrected chi connectivity index (χ1v) is 7.19. The van der Waals surface area contributed by atoms with Crippen LogP contribution in [0.25, 0.3) is 11.0 Å². The number of halogens is 1. The van der Waals surface area contributed by atoms with Gasteiger partial charge in [0.05, 0.1) is 22.8 Å². The number of benzene rings is 1. The maximum atomic E-state index is 12.1. The number of amides is 1. The van der Waals surface area contributed by atoms with Crippen LogP contribution in [0, 0.1) is 5.92 Å². The summed E-state index contributed by atoms with van der Waals surface area (Å²) in [5.41, 5.74) is 7.49. The second-order valence-corrected chi connectivity index (χ2v) is 5.71. The van der Waals surface area contributed by atoms with Gasteiger partial charge < -0.3 is 21.0 Å². The summed E-state index contributed by atoms with van der Waals surface area (Å²) in [6.45, 7) is 3.93. The molecule has 0 radical (unpaired) electrons. The first kappa shape index (κ1) is 14.8. The van der Waals surface area contributed by atoms with E-state index in [-0.39, 0.29) is 17.5 Å². The molecule has 20 heavy (non-hydrogen) atoms. The lowest BCUT2D eigenvalue weighted by atomic mass is 9.99. The van der Waals surface area contributed by atoms with Crippen LogP contribution in [0.4, 0.5) is 5.69 Å². The summed E-state index contributed by atoms with van der Waals surface area (Å²) in [5, 5.41) is 2.78. The zero-order valence-corrected chi connectivity index (χ0v) is 12.9. The Kier molecular flexibility index (Phi) is 4.29. The number of nitrogens with one attached hydrogen (secondary N) is 3. The van der Waals surface area contributed by atoms with Gasteiger partial charge in [-0.2, -0.15) is 0 Å². The Morgan fingerprint density at radius 3 is 2.60 bits per heavy atom. The normalized spacial score (nSPS) is 14.2. The van der Waals surface area contributed by atoms with E-state index in [1.165, 1.54) is 0 Å². The van der Waals surface area contributed by atoms with Crippen LogP contribution >= 0.6 is 15.9 Å². The fourth-order valence-corrected chi connectivity index (χ4v) is 2.32. The molecule has 0 aliphatic rings. The molecule has 0 aliphatic heterocycles. The van der Waals surface area contributed by atoms with Gasteiger partial charge in [-0.3, -0.25) is 4.79 Å². The molecule has 2 aromatic rings. The van der Waals surface area contributed by atoms with Gasteiger partial charge in [-0.1, -0.05) is 20.3 Å². The van der Waals surface area contributed by atoms with Gasteiger partial charge in [-0.25, -0.2) is 4.79 Å². The summed E-state index contributed by atoms with van der Waals surface area (Å²) >= 11 is 3.37. The fourth-order valence-electron chi connectivity index (χ4n) is 1.88. The number of fused-ring (bicyclic) bond motifs is 1. The van der Waals surface area contributed by atoms with E-state index in [4.69, 9.17) is 5.73 Å². The van der Waals surface area contributed by atoms with Gasteiger partial charge in [-0.15, -0.1) is 0 Å². The SMILES string of the molecule is CC[C@H](C)[C@H](N)C(=O)Nc1cc2[nH]c(=O)[nH]c2cc1Br. The number of rotatable bonds is 4. The summed E-state index contributed by atoms with van der Waals surface area (Å²) in [7, 11) is 0. The van der Waals surface area contributed by atoms with Crippen LogP contribution in [0.2, 0.25) is 0 Å². The molecule has 0 aliphatic carbocycles.